The highest BCUT2D eigenvalue weighted by Crippen LogP contribution is 2.24. The van der Waals surface area contributed by atoms with E-state index in [1.54, 1.807) is 32.2 Å². The Hall–Kier alpha value is -2.83. The Balaban J connectivity index is 1.89. The second-order valence-electron chi connectivity index (χ2n) is 6.29. The molecule has 0 atom stereocenters. The van der Waals surface area contributed by atoms with Crippen molar-refractivity contribution < 1.29 is 13.2 Å². The van der Waals surface area contributed by atoms with E-state index in [1.165, 1.54) is 29.2 Å². The number of halogens is 1. The summed E-state index contributed by atoms with van der Waals surface area (Å²) in [5, 5.41) is 0.451. The van der Waals surface area contributed by atoms with Gasteiger partial charge in [0.1, 0.15) is 0 Å². The minimum atomic E-state index is -3.80. The first kappa shape index (κ1) is 19.9. The Bertz CT molecular complexity index is 1100. The number of carbonyl (C=O) groups excluding carboxylic acids is 1. The van der Waals surface area contributed by atoms with Crippen LogP contribution in [-0.2, 0) is 10.0 Å². The first-order valence-electron chi connectivity index (χ1n) is 8.50. The minimum Gasteiger partial charge on any atom is -0.311 e. The molecule has 3 aromatic carbocycles. The minimum absolute atomic E-state index is 0.0921. The maximum atomic E-state index is 12.8. The van der Waals surface area contributed by atoms with Crippen LogP contribution in [0, 0.1) is 6.92 Å². The molecule has 0 aliphatic carbocycles. The molecule has 28 heavy (non-hydrogen) atoms. The van der Waals surface area contributed by atoms with Crippen LogP contribution in [-0.4, -0.2) is 21.4 Å². The predicted molar refractivity (Wildman–Crippen MR) is 113 cm³/mol. The van der Waals surface area contributed by atoms with Gasteiger partial charge in [0.25, 0.3) is 15.9 Å². The molecule has 3 rings (SSSR count). The van der Waals surface area contributed by atoms with Gasteiger partial charge in [0.15, 0.2) is 0 Å². The molecule has 0 fully saturated rings. The van der Waals surface area contributed by atoms with Crippen LogP contribution in [0.2, 0.25) is 5.02 Å². The van der Waals surface area contributed by atoms with Crippen LogP contribution in [0.5, 0.6) is 0 Å². The average Bonchev–Trinajstić information content (AvgIpc) is 2.69. The summed E-state index contributed by atoms with van der Waals surface area (Å²) in [6.45, 7) is 1.77. The molecule has 0 unspecified atom stereocenters. The molecule has 3 aromatic rings. The summed E-state index contributed by atoms with van der Waals surface area (Å²) in [5.74, 6) is -0.238. The number of benzene rings is 3. The van der Waals surface area contributed by atoms with Crippen LogP contribution in [0.25, 0.3) is 0 Å². The summed E-state index contributed by atoms with van der Waals surface area (Å²) in [4.78, 5) is 14.4. The van der Waals surface area contributed by atoms with Crippen molar-refractivity contribution in [3.8, 4) is 0 Å². The molecule has 0 bridgehead atoms. The van der Waals surface area contributed by atoms with Gasteiger partial charge in [0.2, 0.25) is 0 Å². The predicted octanol–water partition coefficient (Wildman–Crippen LogP) is 4.73. The lowest BCUT2D eigenvalue weighted by Gasteiger charge is -2.18. The molecular formula is C21H19ClN2O3S. The summed E-state index contributed by atoms with van der Waals surface area (Å²) < 4.78 is 27.9. The van der Waals surface area contributed by atoms with Crippen molar-refractivity contribution in [2.75, 3.05) is 16.7 Å². The van der Waals surface area contributed by atoms with Crippen LogP contribution in [0.15, 0.2) is 77.7 Å². The summed E-state index contributed by atoms with van der Waals surface area (Å²) in [6.07, 6.45) is 0. The second kappa shape index (κ2) is 8.04. The van der Waals surface area contributed by atoms with Crippen LogP contribution in [0.3, 0.4) is 0 Å². The van der Waals surface area contributed by atoms with E-state index in [0.29, 0.717) is 21.8 Å². The van der Waals surface area contributed by atoms with Crippen molar-refractivity contribution in [3.63, 3.8) is 0 Å². The lowest BCUT2D eigenvalue weighted by molar-refractivity contribution is 0.0993. The van der Waals surface area contributed by atoms with E-state index >= 15 is 0 Å². The number of para-hydroxylation sites is 1. The molecular weight excluding hydrogens is 396 g/mol. The number of aryl methyl sites for hydroxylation is 1. The summed E-state index contributed by atoms with van der Waals surface area (Å²) >= 11 is 5.83. The highest BCUT2D eigenvalue weighted by Gasteiger charge is 2.18. The van der Waals surface area contributed by atoms with Crippen LogP contribution in [0.4, 0.5) is 11.4 Å². The van der Waals surface area contributed by atoms with E-state index in [-0.39, 0.29) is 10.8 Å². The number of amides is 1. The topological polar surface area (TPSA) is 66.5 Å². The zero-order valence-corrected chi connectivity index (χ0v) is 17.0. The van der Waals surface area contributed by atoms with Gasteiger partial charge in [0.05, 0.1) is 10.6 Å². The van der Waals surface area contributed by atoms with E-state index in [1.807, 2.05) is 30.3 Å². The van der Waals surface area contributed by atoms with Crippen molar-refractivity contribution in [1.29, 1.82) is 0 Å². The lowest BCUT2D eigenvalue weighted by Crippen LogP contribution is -2.26. The van der Waals surface area contributed by atoms with Gasteiger partial charge >= 0.3 is 0 Å². The van der Waals surface area contributed by atoms with Gasteiger partial charge in [-0.15, -0.1) is 0 Å². The molecule has 0 saturated heterocycles. The normalized spacial score (nSPS) is 11.1. The molecule has 0 aliphatic rings. The smallest absolute Gasteiger partial charge is 0.261 e. The van der Waals surface area contributed by atoms with Gasteiger partial charge in [-0.25, -0.2) is 8.42 Å². The largest absolute Gasteiger partial charge is 0.311 e. The average molecular weight is 415 g/mol. The van der Waals surface area contributed by atoms with E-state index in [0.717, 1.165) is 5.69 Å². The summed E-state index contributed by atoms with van der Waals surface area (Å²) in [7, 11) is -2.13. The Morgan fingerprint density at radius 3 is 2.25 bits per heavy atom. The molecule has 1 N–H and O–H groups in total. The number of sulfonamides is 1. The second-order valence-corrected chi connectivity index (χ2v) is 8.41. The monoisotopic (exact) mass is 414 g/mol. The molecule has 144 valence electrons. The van der Waals surface area contributed by atoms with Crippen molar-refractivity contribution in [1.82, 2.24) is 0 Å². The quantitative estimate of drug-likeness (QED) is 0.656. The molecule has 0 saturated carbocycles. The van der Waals surface area contributed by atoms with Crippen LogP contribution in [0.1, 0.15) is 15.9 Å². The van der Waals surface area contributed by atoms with Gasteiger partial charge < -0.3 is 4.90 Å². The van der Waals surface area contributed by atoms with Crippen LogP contribution >= 0.6 is 11.6 Å². The molecule has 5 nitrogen and oxygen atoms in total. The third-order valence-corrected chi connectivity index (χ3v) is 5.93. The highest BCUT2D eigenvalue weighted by molar-refractivity contribution is 7.92. The lowest BCUT2D eigenvalue weighted by atomic mass is 10.1. The SMILES string of the molecule is Cc1ccc(C(=O)N(C)c2ccccc2)cc1NS(=O)(=O)c1ccc(Cl)cc1. The molecule has 0 aliphatic heterocycles. The fourth-order valence-corrected chi connectivity index (χ4v) is 3.89. The van der Waals surface area contributed by atoms with Gasteiger partial charge in [-0.05, 0) is 61.0 Å². The zero-order chi connectivity index (χ0) is 20.3. The number of hydrogen-bond donors (Lipinski definition) is 1. The number of rotatable bonds is 5. The van der Waals surface area contributed by atoms with Gasteiger partial charge in [-0.2, -0.15) is 0 Å². The Morgan fingerprint density at radius 2 is 1.61 bits per heavy atom. The molecule has 1 amide bonds. The first-order valence-corrected chi connectivity index (χ1v) is 10.4. The van der Waals surface area contributed by atoms with Crippen molar-refractivity contribution in [2.24, 2.45) is 0 Å². The Morgan fingerprint density at radius 1 is 0.964 bits per heavy atom. The summed E-state index contributed by atoms with van der Waals surface area (Å²) in [6, 6.07) is 20.0. The van der Waals surface area contributed by atoms with Crippen molar-refractivity contribution in [2.45, 2.75) is 11.8 Å². The zero-order valence-electron chi connectivity index (χ0n) is 15.4. The van der Waals surface area contributed by atoms with E-state index in [9.17, 15) is 13.2 Å². The molecule has 0 heterocycles. The standard InChI is InChI=1S/C21H19ClN2O3S/c1-15-8-9-16(21(25)24(2)18-6-4-3-5-7-18)14-20(15)23-28(26,27)19-12-10-17(22)11-13-19/h3-14,23H,1-2H3. The number of carbonyl (C=O) groups is 1. The van der Waals surface area contributed by atoms with Gasteiger partial charge in [-0.3, -0.25) is 9.52 Å². The Kier molecular flexibility index (Phi) is 5.72. The van der Waals surface area contributed by atoms with Crippen molar-refractivity contribution >= 4 is 38.9 Å². The fourth-order valence-electron chi connectivity index (χ4n) is 2.64. The number of nitrogens with zero attached hydrogens (tertiary/aromatic N) is 1. The maximum Gasteiger partial charge on any atom is 0.261 e. The van der Waals surface area contributed by atoms with Gasteiger partial charge in [-0.1, -0.05) is 35.9 Å². The molecule has 0 radical (unpaired) electrons. The third kappa shape index (κ3) is 4.35. The highest BCUT2D eigenvalue weighted by atomic mass is 35.5. The number of hydrogen-bond acceptors (Lipinski definition) is 3. The number of anilines is 2. The molecule has 0 aromatic heterocycles. The fraction of sp³-hybridized carbons (Fsp3) is 0.0952. The molecule has 7 heteroatoms. The van der Waals surface area contributed by atoms with E-state index < -0.39 is 10.0 Å². The maximum absolute atomic E-state index is 12.8. The number of nitrogens with one attached hydrogen (secondary N) is 1. The third-order valence-electron chi connectivity index (χ3n) is 4.30. The Labute approximate surface area is 169 Å². The van der Waals surface area contributed by atoms with Crippen LogP contribution < -0.4 is 9.62 Å². The van der Waals surface area contributed by atoms with Crippen molar-refractivity contribution in [3.05, 3.63) is 88.9 Å². The first-order chi connectivity index (χ1) is 13.3. The van der Waals surface area contributed by atoms with E-state index in [2.05, 4.69) is 4.72 Å². The molecule has 0 spiro atoms. The summed E-state index contributed by atoms with van der Waals surface area (Å²) in [5.41, 5.74) is 2.18. The van der Waals surface area contributed by atoms with Gasteiger partial charge in [0, 0.05) is 23.3 Å². The van der Waals surface area contributed by atoms with E-state index in [4.69, 9.17) is 11.6 Å².